The summed E-state index contributed by atoms with van der Waals surface area (Å²) in [6.45, 7) is 5.83. The number of hydrogen-bond donors (Lipinski definition) is 2. The molecule has 1 aliphatic rings. The van der Waals surface area contributed by atoms with Gasteiger partial charge in [-0.05, 0) is 50.1 Å². The lowest BCUT2D eigenvalue weighted by Crippen LogP contribution is -2.35. The predicted molar refractivity (Wildman–Crippen MR) is 106 cm³/mol. The lowest BCUT2D eigenvalue weighted by atomic mass is 9.95. The molecule has 1 atom stereocenters. The van der Waals surface area contributed by atoms with Crippen LogP contribution in [0.4, 0.5) is 5.69 Å². The van der Waals surface area contributed by atoms with E-state index in [1.165, 1.54) is 0 Å². The molecule has 1 aromatic heterocycles. The molecule has 2 N–H and O–H groups in total. The molecule has 27 heavy (non-hydrogen) atoms. The highest BCUT2D eigenvalue weighted by molar-refractivity contribution is 6.08. The van der Waals surface area contributed by atoms with Crippen molar-refractivity contribution in [2.75, 3.05) is 5.32 Å². The summed E-state index contributed by atoms with van der Waals surface area (Å²) in [5.74, 6) is -0.273. The Kier molecular flexibility index (Phi) is 4.15. The van der Waals surface area contributed by atoms with Crippen molar-refractivity contribution in [3.8, 4) is 0 Å². The van der Waals surface area contributed by atoms with Gasteiger partial charge in [0.2, 0.25) is 5.91 Å². The number of fused-ring (bicyclic) bond motifs is 2. The molecule has 0 saturated carbocycles. The first kappa shape index (κ1) is 17.2. The van der Waals surface area contributed by atoms with Gasteiger partial charge in [-0.2, -0.15) is 0 Å². The molecule has 0 radical (unpaired) electrons. The minimum absolute atomic E-state index is 0.0951. The Morgan fingerprint density at radius 1 is 1.15 bits per heavy atom. The van der Waals surface area contributed by atoms with Crippen molar-refractivity contribution in [2.45, 2.75) is 33.2 Å². The predicted octanol–water partition coefficient (Wildman–Crippen LogP) is 3.97. The largest absolute Gasteiger partial charge is 0.345 e. The maximum absolute atomic E-state index is 13.3. The second-order valence-electron chi connectivity index (χ2n) is 7.08. The molecule has 1 aliphatic heterocycles. The molecule has 5 heteroatoms. The third kappa shape index (κ3) is 3.05. The van der Waals surface area contributed by atoms with Gasteiger partial charge in [-0.1, -0.05) is 29.8 Å². The van der Waals surface area contributed by atoms with E-state index in [4.69, 9.17) is 0 Å². The average molecular weight is 359 g/mol. The van der Waals surface area contributed by atoms with Crippen LogP contribution >= 0.6 is 0 Å². The van der Waals surface area contributed by atoms with E-state index in [1.54, 1.807) is 0 Å². The van der Waals surface area contributed by atoms with Crippen LogP contribution in [0.1, 0.15) is 45.2 Å². The number of hydrogen-bond acceptors (Lipinski definition) is 3. The molecule has 0 aliphatic carbocycles. The van der Waals surface area contributed by atoms with Crippen LogP contribution in [-0.4, -0.2) is 16.8 Å². The second kappa shape index (κ2) is 6.50. The van der Waals surface area contributed by atoms with Crippen LogP contribution in [-0.2, 0) is 4.79 Å². The summed E-state index contributed by atoms with van der Waals surface area (Å²) < 4.78 is 0. The SMILES string of the molecule is Cc1ccc2nc(C)c(C)c(C(=O)NC3CC(=O)Nc4ccccc43)c2c1. The van der Waals surface area contributed by atoms with Gasteiger partial charge in [0, 0.05) is 16.8 Å². The summed E-state index contributed by atoms with van der Waals surface area (Å²) >= 11 is 0. The van der Waals surface area contributed by atoms with Gasteiger partial charge in [0.15, 0.2) is 0 Å². The number of nitrogens with zero attached hydrogens (tertiary/aromatic N) is 1. The zero-order chi connectivity index (χ0) is 19.1. The molecule has 0 fully saturated rings. The van der Waals surface area contributed by atoms with E-state index < -0.39 is 0 Å². The first-order valence-corrected chi connectivity index (χ1v) is 9.01. The number of aryl methyl sites for hydroxylation is 2. The Morgan fingerprint density at radius 3 is 2.74 bits per heavy atom. The summed E-state index contributed by atoms with van der Waals surface area (Å²) in [5.41, 5.74) is 5.87. The minimum atomic E-state index is -0.352. The van der Waals surface area contributed by atoms with Crippen LogP contribution in [0.15, 0.2) is 42.5 Å². The molecule has 4 rings (SSSR count). The average Bonchev–Trinajstić information content (AvgIpc) is 2.63. The van der Waals surface area contributed by atoms with Crippen molar-refractivity contribution in [2.24, 2.45) is 0 Å². The molecule has 2 aromatic carbocycles. The van der Waals surface area contributed by atoms with Gasteiger partial charge < -0.3 is 10.6 Å². The number of anilines is 1. The van der Waals surface area contributed by atoms with Gasteiger partial charge in [-0.15, -0.1) is 0 Å². The number of rotatable bonds is 2. The van der Waals surface area contributed by atoms with Crippen LogP contribution in [0.25, 0.3) is 10.9 Å². The Hall–Kier alpha value is -3.21. The number of aromatic nitrogens is 1. The Bertz CT molecular complexity index is 1090. The highest BCUT2D eigenvalue weighted by Crippen LogP contribution is 2.31. The number of nitrogens with one attached hydrogen (secondary N) is 2. The fourth-order valence-electron chi connectivity index (χ4n) is 3.66. The minimum Gasteiger partial charge on any atom is -0.345 e. The van der Waals surface area contributed by atoms with Crippen LogP contribution in [0.5, 0.6) is 0 Å². The smallest absolute Gasteiger partial charge is 0.252 e. The van der Waals surface area contributed by atoms with E-state index in [1.807, 2.05) is 63.2 Å². The fourth-order valence-corrected chi connectivity index (χ4v) is 3.66. The van der Waals surface area contributed by atoms with Crippen molar-refractivity contribution in [3.05, 3.63) is 70.4 Å². The third-order valence-electron chi connectivity index (χ3n) is 5.16. The number of para-hydroxylation sites is 1. The van der Waals surface area contributed by atoms with Crippen LogP contribution in [0.2, 0.25) is 0 Å². The Labute approximate surface area is 157 Å². The van der Waals surface area contributed by atoms with Gasteiger partial charge in [-0.3, -0.25) is 14.6 Å². The number of carbonyl (C=O) groups excluding carboxylic acids is 2. The lowest BCUT2D eigenvalue weighted by Gasteiger charge is -2.27. The van der Waals surface area contributed by atoms with Gasteiger partial charge in [0.1, 0.15) is 0 Å². The highest BCUT2D eigenvalue weighted by Gasteiger charge is 2.27. The standard InChI is InChI=1S/C22H21N3O2/c1-12-8-9-18-16(10-12)21(13(2)14(3)23-18)22(27)25-19-11-20(26)24-17-7-5-4-6-15(17)19/h4-10,19H,11H2,1-3H3,(H,24,26)(H,25,27). The Morgan fingerprint density at radius 2 is 1.93 bits per heavy atom. The number of pyridine rings is 1. The highest BCUT2D eigenvalue weighted by atomic mass is 16.2. The van der Waals surface area contributed by atoms with Crippen LogP contribution < -0.4 is 10.6 Å². The van der Waals surface area contributed by atoms with Crippen molar-refractivity contribution >= 4 is 28.4 Å². The summed E-state index contributed by atoms with van der Waals surface area (Å²) in [7, 11) is 0. The van der Waals surface area contributed by atoms with E-state index in [0.717, 1.165) is 39.0 Å². The topological polar surface area (TPSA) is 71.1 Å². The van der Waals surface area contributed by atoms with E-state index >= 15 is 0 Å². The van der Waals surface area contributed by atoms with Gasteiger partial charge in [-0.25, -0.2) is 0 Å². The molecular weight excluding hydrogens is 338 g/mol. The van der Waals surface area contributed by atoms with Crippen molar-refractivity contribution in [1.29, 1.82) is 0 Å². The van der Waals surface area contributed by atoms with Gasteiger partial charge >= 0.3 is 0 Å². The molecule has 5 nitrogen and oxygen atoms in total. The summed E-state index contributed by atoms with van der Waals surface area (Å²) in [4.78, 5) is 29.9. The number of amides is 2. The molecule has 1 unspecified atom stereocenters. The number of benzene rings is 2. The van der Waals surface area contributed by atoms with Gasteiger partial charge in [0.05, 0.1) is 23.5 Å². The quantitative estimate of drug-likeness (QED) is 0.727. The zero-order valence-corrected chi connectivity index (χ0v) is 15.6. The van der Waals surface area contributed by atoms with E-state index in [-0.39, 0.29) is 24.3 Å². The molecule has 0 saturated heterocycles. The van der Waals surface area contributed by atoms with E-state index in [0.29, 0.717) is 5.56 Å². The summed E-state index contributed by atoms with van der Waals surface area (Å²) in [5, 5.41) is 6.77. The Balaban J connectivity index is 1.77. The molecule has 2 heterocycles. The maximum atomic E-state index is 13.3. The van der Waals surface area contributed by atoms with Crippen LogP contribution in [0.3, 0.4) is 0 Å². The monoisotopic (exact) mass is 359 g/mol. The molecule has 0 spiro atoms. The van der Waals surface area contributed by atoms with Crippen molar-refractivity contribution in [1.82, 2.24) is 10.3 Å². The fraction of sp³-hybridized carbons (Fsp3) is 0.227. The molecule has 2 amide bonds. The van der Waals surface area contributed by atoms with E-state index in [2.05, 4.69) is 15.6 Å². The lowest BCUT2D eigenvalue weighted by molar-refractivity contribution is -0.116. The van der Waals surface area contributed by atoms with Crippen LogP contribution in [0, 0.1) is 20.8 Å². The third-order valence-corrected chi connectivity index (χ3v) is 5.16. The number of carbonyl (C=O) groups is 2. The summed E-state index contributed by atoms with van der Waals surface area (Å²) in [6.07, 6.45) is 0.225. The second-order valence-corrected chi connectivity index (χ2v) is 7.08. The van der Waals surface area contributed by atoms with Gasteiger partial charge in [0.25, 0.3) is 5.91 Å². The first-order chi connectivity index (χ1) is 12.9. The molecular formula is C22H21N3O2. The molecule has 0 bridgehead atoms. The van der Waals surface area contributed by atoms with Crippen molar-refractivity contribution in [3.63, 3.8) is 0 Å². The maximum Gasteiger partial charge on any atom is 0.252 e. The molecule has 136 valence electrons. The van der Waals surface area contributed by atoms with Crippen molar-refractivity contribution < 1.29 is 9.59 Å². The first-order valence-electron chi connectivity index (χ1n) is 9.01. The van der Waals surface area contributed by atoms with E-state index in [9.17, 15) is 9.59 Å². The molecule has 3 aromatic rings. The summed E-state index contributed by atoms with van der Waals surface area (Å²) in [6, 6.07) is 13.1. The normalized spacial score (nSPS) is 16.0. The zero-order valence-electron chi connectivity index (χ0n) is 15.6.